The molecule has 0 aliphatic rings. The lowest BCUT2D eigenvalue weighted by atomic mass is 10.0. The Balaban J connectivity index is 1.80. The first-order valence-corrected chi connectivity index (χ1v) is 10.4. The molecular weight excluding hydrogens is 410 g/mol. The second-order valence-corrected chi connectivity index (χ2v) is 7.40. The van der Waals surface area contributed by atoms with Crippen LogP contribution in [0.1, 0.15) is 39.2 Å². The van der Waals surface area contributed by atoms with Crippen molar-refractivity contribution in [2.24, 2.45) is 0 Å². The highest BCUT2D eigenvalue weighted by molar-refractivity contribution is 5.70. The number of aromatic nitrogens is 2. The highest BCUT2D eigenvalue weighted by Crippen LogP contribution is 2.34. The smallest absolute Gasteiger partial charge is 0.303 e. The molecule has 0 saturated carbocycles. The molecule has 3 rings (SSSR count). The summed E-state index contributed by atoms with van der Waals surface area (Å²) in [7, 11) is 0. The van der Waals surface area contributed by atoms with Gasteiger partial charge in [0.2, 0.25) is 11.5 Å². The molecule has 8 heteroatoms. The van der Waals surface area contributed by atoms with Crippen molar-refractivity contribution in [3.05, 3.63) is 53.4 Å². The average molecular weight is 435 g/mol. The quantitative estimate of drug-likeness (QED) is 0.329. The Hall–Kier alpha value is -3.86. The van der Waals surface area contributed by atoms with E-state index >= 15 is 0 Å². The number of carboxylic acids is 1. The summed E-state index contributed by atoms with van der Waals surface area (Å²) in [5.41, 5.74) is 2.83. The first-order valence-electron chi connectivity index (χ1n) is 10.4. The van der Waals surface area contributed by atoms with Crippen LogP contribution in [0.5, 0.6) is 11.5 Å². The highest BCUT2D eigenvalue weighted by atomic mass is 16.5. The molecule has 0 amide bonds. The molecule has 0 saturated heterocycles. The summed E-state index contributed by atoms with van der Waals surface area (Å²) in [6, 6.07) is 10.8. The number of carboxylic acid groups (broad SMARTS) is 1. The lowest BCUT2D eigenvalue weighted by Crippen LogP contribution is -2.05. The van der Waals surface area contributed by atoms with Crippen LogP contribution in [0, 0.1) is 6.57 Å². The van der Waals surface area contributed by atoms with Crippen molar-refractivity contribution in [2.45, 2.75) is 46.1 Å². The minimum absolute atomic E-state index is 0.0343. The monoisotopic (exact) mass is 435 g/mol. The Morgan fingerprint density at radius 2 is 2.06 bits per heavy atom. The van der Waals surface area contributed by atoms with Gasteiger partial charge in [0.15, 0.2) is 0 Å². The van der Waals surface area contributed by atoms with Gasteiger partial charge in [-0.05, 0) is 68.7 Å². The molecule has 0 aliphatic carbocycles. The van der Waals surface area contributed by atoms with Crippen LogP contribution in [0.25, 0.3) is 27.7 Å². The Morgan fingerprint density at radius 3 is 2.75 bits per heavy atom. The molecule has 8 nitrogen and oxygen atoms in total. The number of aliphatic carboxylic acids is 1. The summed E-state index contributed by atoms with van der Waals surface area (Å²) in [5, 5.41) is 12.8. The first-order chi connectivity index (χ1) is 15.4. The van der Waals surface area contributed by atoms with E-state index in [-0.39, 0.29) is 12.5 Å². The van der Waals surface area contributed by atoms with Crippen LogP contribution in [-0.4, -0.2) is 33.9 Å². The molecule has 0 spiro atoms. The summed E-state index contributed by atoms with van der Waals surface area (Å²) in [6.07, 6.45) is 1.21. The van der Waals surface area contributed by atoms with E-state index in [4.69, 9.17) is 25.7 Å². The average Bonchev–Trinajstić information content (AvgIpc) is 3.26. The van der Waals surface area contributed by atoms with Crippen LogP contribution < -0.4 is 9.47 Å². The maximum Gasteiger partial charge on any atom is 0.303 e. The highest BCUT2D eigenvalue weighted by Gasteiger charge is 2.16. The van der Waals surface area contributed by atoms with E-state index in [1.807, 2.05) is 32.9 Å². The maximum absolute atomic E-state index is 10.6. The summed E-state index contributed by atoms with van der Waals surface area (Å²) in [5.74, 6) is 1.11. The Bertz CT molecular complexity index is 1130. The number of carbonyl (C=O) groups is 1. The van der Waals surface area contributed by atoms with Crippen LogP contribution in [0.3, 0.4) is 0 Å². The molecule has 0 atom stereocenters. The Labute approximate surface area is 186 Å². The molecular formula is C24H25N3O5. The van der Waals surface area contributed by atoms with Gasteiger partial charge in [0, 0.05) is 17.5 Å². The number of aryl methyl sites for hydroxylation is 1. The van der Waals surface area contributed by atoms with E-state index in [0.29, 0.717) is 47.5 Å². The van der Waals surface area contributed by atoms with Crippen molar-refractivity contribution < 1.29 is 23.9 Å². The van der Waals surface area contributed by atoms with E-state index in [9.17, 15) is 4.79 Å². The lowest BCUT2D eigenvalue weighted by molar-refractivity contribution is -0.137. The zero-order chi connectivity index (χ0) is 23.1. The summed E-state index contributed by atoms with van der Waals surface area (Å²) < 4.78 is 16.8. The predicted octanol–water partition coefficient (Wildman–Crippen LogP) is 5.55. The molecule has 0 bridgehead atoms. The molecule has 166 valence electrons. The van der Waals surface area contributed by atoms with Gasteiger partial charge in [-0.15, -0.1) is 0 Å². The zero-order valence-electron chi connectivity index (χ0n) is 18.3. The summed E-state index contributed by atoms with van der Waals surface area (Å²) in [4.78, 5) is 18.7. The van der Waals surface area contributed by atoms with E-state index < -0.39 is 5.97 Å². The van der Waals surface area contributed by atoms with Crippen molar-refractivity contribution in [1.82, 2.24) is 10.1 Å². The van der Waals surface area contributed by atoms with E-state index in [0.717, 1.165) is 17.5 Å². The van der Waals surface area contributed by atoms with Gasteiger partial charge in [0.1, 0.15) is 11.5 Å². The SMILES string of the molecule is [C-]#[N+]c1cc(-c2nc(-c3ccc(OCCCC(=O)O)cc3CC)no2)ccc1OC(C)C. The topological polar surface area (TPSA) is 99.0 Å². The number of hydrogen-bond acceptors (Lipinski definition) is 6. The standard InChI is InChI=1S/C24H25N3O5/c1-5-16-13-18(30-12-6-7-22(28)29)9-10-19(16)23-26-24(32-27-23)17-8-11-21(31-15(2)3)20(14-17)25-4/h8-11,13-15H,5-7,12H2,1-3H3,(H,28,29). The normalized spacial score (nSPS) is 10.7. The molecule has 1 N–H and O–H groups in total. The van der Waals surface area contributed by atoms with Gasteiger partial charge in [-0.1, -0.05) is 12.1 Å². The van der Waals surface area contributed by atoms with Crippen molar-refractivity contribution >= 4 is 11.7 Å². The molecule has 1 aromatic heterocycles. The van der Waals surface area contributed by atoms with Crippen molar-refractivity contribution in [2.75, 3.05) is 6.61 Å². The number of ether oxygens (including phenoxy) is 2. The predicted molar refractivity (Wildman–Crippen MR) is 119 cm³/mol. The lowest BCUT2D eigenvalue weighted by Gasteiger charge is -2.11. The molecule has 0 unspecified atom stereocenters. The van der Waals surface area contributed by atoms with Gasteiger partial charge >= 0.3 is 5.97 Å². The molecule has 32 heavy (non-hydrogen) atoms. The number of benzene rings is 2. The van der Waals surface area contributed by atoms with Crippen LogP contribution in [0.2, 0.25) is 0 Å². The molecule has 0 aliphatic heterocycles. The Kier molecular flexibility index (Phi) is 7.45. The zero-order valence-corrected chi connectivity index (χ0v) is 18.3. The van der Waals surface area contributed by atoms with Crippen LogP contribution in [0.4, 0.5) is 5.69 Å². The van der Waals surface area contributed by atoms with Gasteiger partial charge in [0.05, 0.1) is 19.3 Å². The molecule has 0 radical (unpaired) electrons. The number of rotatable bonds is 10. The third kappa shape index (κ3) is 5.64. The van der Waals surface area contributed by atoms with Gasteiger partial charge in [-0.3, -0.25) is 4.79 Å². The molecule has 3 aromatic rings. The second kappa shape index (κ2) is 10.4. The number of hydrogen-bond donors (Lipinski definition) is 1. The fourth-order valence-corrected chi connectivity index (χ4v) is 3.13. The number of nitrogens with zero attached hydrogens (tertiary/aromatic N) is 3. The largest absolute Gasteiger partial charge is 0.502 e. The minimum atomic E-state index is -0.836. The van der Waals surface area contributed by atoms with Gasteiger partial charge in [0.25, 0.3) is 5.89 Å². The van der Waals surface area contributed by atoms with Gasteiger partial charge in [-0.25, -0.2) is 4.85 Å². The van der Waals surface area contributed by atoms with E-state index in [1.165, 1.54) is 0 Å². The van der Waals surface area contributed by atoms with Crippen molar-refractivity contribution in [3.8, 4) is 34.3 Å². The van der Waals surface area contributed by atoms with Crippen molar-refractivity contribution in [3.63, 3.8) is 0 Å². The summed E-state index contributed by atoms with van der Waals surface area (Å²) >= 11 is 0. The minimum Gasteiger partial charge on any atom is -0.502 e. The van der Waals surface area contributed by atoms with Crippen molar-refractivity contribution in [1.29, 1.82) is 0 Å². The second-order valence-electron chi connectivity index (χ2n) is 7.40. The molecule has 2 aromatic carbocycles. The fraction of sp³-hybridized carbons (Fsp3) is 0.333. The van der Waals surface area contributed by atoms with Crippen LogP contribution in [0.15, 0.2) is 40.9 Å². The van der Waals surface area contributed by atoms with Gasteiger partial charge in [-0.2, -0.15) is 4.98 Å². The molecule has 0 fully saturated rings. The fourth-order valence-electron chi connectivity index (χ4n) is 3.13. The van der Waals surface area contributed by atoms with Crippen LogP contribution in [-0.2, 0) is 11.2 Å². The first kappa shape index (κ1) is 22.8. The van der Waals surface area contributed by atoms with E-state index in [1.54, 1.807) is 24.3 Å². The third-order valence-corrected chi connectivity index (χ3v) is 4.62. The Morgan fingerprint density at radius 1 is 1.25 bits per heavy atom. The van der Waals surface area contributed by atoms with Gasteiger partial charge < -0.3 is 19.1 Å². The van der Waals surface area contributed by atoms with E-state index in [2.05, 4.69) is 15.0 Å². The summed E-state index contributed by atoms with van der Waals surface area (Å²) in [6.45, 7) is 13.6. The molecule has 1 heterocycles. The van der Waals surface area contributed by atoms with Crippen LogP contribution >= 0.6 is 0 Å². The third-order valence-electron chi connectivity index (χ3n) is 4.62. The maximum atomic E-state index is 10.6.